The van der Waals surface area contributed by atoms with Crippen molar-refractivity contribution in [3.8, 4) is 11.4 Å². The molecule has 0 radical (unpaired) electrons. The molecule has 0 amide bonds. The molecule has 1 atom stereocenters. The van der Waals surface area contributed by atoms with Crippen molar-refractivity contribution in [1.82, 2.24) is 19.5 Å². The summed E-state index contributed by atoms with van der Waals surface area (Å²) in [4.78, 5) is 27.5. The van der Waals surface area contributed by atoms with Crippen LogP contribution in [-0.4, -0.2) is 36.7 Å². The molecule has 0 bridgehead atoms. The van der Waals surface area contributed by atoms with Gasteiger partial charge in [-0.25, -0.2) is 19.3 Å². The van der Waals surface area contributed by atoms with Crippen molar-refractivity contribution in [2.75, 3.05) is 11.4 Å². The summed E-state index contributed by atoms with van der Waals surface area (Å²) >= 11 is 0. The molecular weight excluding hydrogens is 373 g/mol. The van der Waals surface area contributed by atoms with Crippen LogP contribution in [0.15, 0.2) is 53.7 Å². The molecule has 0 aliphatic carbocycles. The Morgan fingerprint density at radius 1 is 1.24 bits per heavy atom. The summed E-state index contributed by atoms with van der Waals surface area (Å²) in [7, 11) is 0. The van der Waals surface area contributed by atoms with Gasteiger partial charge in [-0.3, -0.25) is 9.36 Å². The summed E-state index contributed by atoms with van der Waals surface area (Å²) in [6.07, 6.45) is 2.78. The first-order valence-electron chi connectivity index (χ1n) is 9.44. The molecule has 29 heavy (non-hydrogen) atoms. The Hall–Kier alpha value is -3.13. The van der Waals surface area contributed by atoms with E-state index < -0.39 is 11.9 Å². The van der Waals surface area contributed by atoms with E-state index in [1.54, 1.807) is 29.0 Å². The summed E-state index contributed by atoms with van der Waals surface area (Å²) < 4.78 is 15.2. The van der Waals surface area contributed by atoms with Gasteiger partial charge in [-0.15, -0.1) is 0 Å². The van der Waals surface area contributed by atoms with E-state index in [2.05, 4.69) is 9.97 Å². The number of rotatable bonds is 4. The third-order valence-corrected chi connectivity index (χ3v) is 5.34. The maximum atomic E-state index is 13.6. The van der Waals surface area contributed by atoms with Crippen molar-refractivity contribution >= 4 is 5.95 Å². The molecule has 0 saturated heterocycles. The number of aliphatic hydroxyl groups is 1. The molecule has 0 saturated carbocycles. The smallest absolute Gasteiger partial charge is 0.255 e. The van der Waals surface area contributed by atoms with E-state index in [-0.39, 0.29) is 17.6 Å². The molecular formula is C21H22FN5O2. The standard InChI is InChI=1S/C21H22FN5O2/c1-21(2)7-9-26-19(29)11-17(16-6-8-23-13-24-16)25-20(26)27(21)12-18(28)14-4-3-5-15(22)10-14/h3-6,8,10-11,13,18,28H,7,9,12H2,1-2H3. The highest BCUT2D eigenvalue weighted by molar-refractivity contribution is 5.56. The fourth-order valence-electron chi connectivity index (χ4n) is 3.60. The van der Waals surface area contributed by atoms with Gasteiger partial charge < -0.3 is 10.0 Å². The highest BCUT2D eigenvalue weighted by Crippen LogP contribution is 2.33. The van der Waals surface area contributed by atoms with E-state index >= 15 is 0 Å². The number of aliphatic hydroxyl groups excluding tert-OH is 1. The maximum absolute atomic E-state index is 13.6. The third kappa shape index (κ3) is 3.75. The van der Waals surface area contributed by atoms with Crippen molar-refractivity contribution in [2.24, 2.45) is 0 Å². The Kier molecular flexibility index (Phi) is 4.87. The van der Waals surface area contributed by atoms with Crippen molar-refractivity contribution in [2.45, 2.75) is 38.5 Å². The van der Waals surface area contributed by atoms with Crippen molar-refractivity contribution in [3.63, 3.8) is 0 Å². The van der Waals surface area contributed by atoms with E-state index in [1.807, 2.05) is 18.7 Å². The molecule has 8 heteroatoms. The number of β-amino-alcohol motifs (C(OH)–C–C–N with tert-alkyl or cyclic N) is 1. The van der Waals surface area contributed by atoms with Crippen molar-refractivity contribution in [3.05, 3.63) is 70.7 Å². The monoisotopic (exact) mass is 395 g/mol. The molecule has 1 unspecified atom stereocenters. The fraction of sp³-hybridized carbons (Fsp3) is 0.333. The lowest BCUT2D eigenvalue weighted by atomic mass is 9.95. The van der Waals surface area contributed by atoms with Crippen LogP contribution in [0.4, 0.5) is 10.3 Å². The second-order valence-corrected chi connectivity index (χ2v) is 7.77. The number of halogens is 1. The zero-order chi connectivity index (χ0) is 20.6. The summed E-state index contributed by atoms with van der Waals surface area (Å²) in [5.41, 5.74) is 0.954. The molecule has 4 rings (SSSR count). The van der Waals surface area contributed by atoms with E-state index in [0.717, 1.165) is 0 Å². The van der Waals surface area contributed by atoms with Gasteiger partial charge in [0.05, 0.1) is 24.0 Å². The lowest BCUT2D eigenvalue weighted by Crippen LogP contribution is -2.53. The van der Waals surface area contributed by atoms with Crippen LogP contribution in [0.2, 0.25) is 0 Å². The first-order valence-corrected chi connectivity index (χ1v) is 9.44. The molecule has 1 aliphatic heterocycles. The van der Waals surface area contributed by atoms with Gasteiger partial charge in [-0.1, -0.05) is 12.1 Å². The second kappa shape index (κ2) is 7.36. The number of nitrogens with zero attached hydrogens (tertiary/aromatic N) is 5. The molecule has 3 heterocycles. The SMILES string of the molecule is CC1(C)CCn2c(nc(-c3ccncn3)cc2=O)N1CC(O)c1cccc(F)c1. The minimum absolute atomic E-state index is 0.177. The fourth-order valence-corrected chi connectivity index (χ4v) is 3.60. The molecule has 0 spiro atoms. The average molecular weight is 395 g/mol. The molecule has 3 aromatic rings. The Morgan fingerprint density at radius 3 is 2.79 bits per heavy atom. The van der Waals surface area contributed by atoms with Gasteiger partial charge in [-0.2, -0.15) is 0 Å². The molecule has 7 nitrogen and oxygen atoms in total. The summed E-state index contributed by atoms with van der Waals surface area (Å²) in [5, 5.41) is 10.8. The van der Waals surface area contributed by atoms with Gasteiger partial charge in [0.2, 0.25) is 5.95 Å². The first kappa shape index (κ1) is 19.2. The van der Waals surface area contributed by atoms with Gasteiger partial charge in [0.15, 0.2) is 0 Å². The normalized spacial score (nSPS) is 16.3. The van der Waals surface area contributed by atoms with Crippen LogP contribution >= 0.6 is 0 Å². The minimum atomic E-state index is -0.934. The Bertz CT molecular complexity index is 1080. The molecule has 150 valence electrons. The Balaban J connectivity index is 1.76. The van der Waals surface area contributed by atoms with E-state index in [9.17, 15) is 14.3 Å². The number of fused-ring (bicyclic) bond motifs is 1. The third-order valence-electron chi connectivity index (χ3n) is 5.34. The predicted octanol–water partition coefficient (Wildman–Crippen LogP) is 2.56. The van der Waals surface area contributed by atoms with Gasteiger partial charge in [-0.05, 0) is 44.0 Å². The van der Waals surface area contributed by atoms with Crippen LogP contribution in [0.25, 0.3) is 11.4 Å². The first-order chi connectivity index (χ1) is 13.8. The quantitative estimate of drug-likeness (QED) is 0.731. The van der Waals surface area contributed by atoms with Crippen LogP contribution in [0, 0.1) is 5.82 Å². The zero-order valence-electron chi connectivity index (χ0n) is 16.3. The lowest BCUT2D eigenvalue weighted by Gasteiger charge is -2.45. The predicted molar refractivity (Wildman–Crippen MR) is 107 cm³/mol. The lowest BCUT2D eigenvalue weighted by molar-refractivity contribution is 0.168. The second-order valence-electron chi connectivity index (χ2n) is 7.77. The van der Waals surface area contributed by atoms with Crippen LogP contribution in [0.5, 0.6) is 0 Å². The highest BCUT2D eigenvalue weighted by Gasteiger charge is 2.36. The van der Waals surface area contributed by atoms with Crippen LogP contribution in [0.1, 0.15) is 31.9 Å². The van der Waals surface area contributed by atoms with Gasteiger partial charge >= 0.3 is 0 Å². The molecule has 1 aliphatic rings. The number of hydrogen-bond acceptors (Lipinski definition) is 6. The molecule has 1 aromatic carbocycles. The largest absolute Gasteiger partial charge is 0.387 e. The number of benzene rings is 1. The van der Waals surface area contributed by atoms with E-state index in [4.69, 9.17) is 4.98 Å². The molecule has 1 N–H and O–H groups in total. The molecule has 2 aromatic heterocycles. The average Bonchev–Trinajstić information content (AvgIpc) is 2.70. The van der Waals surface area contributed by atoms with Crippen LogP contribution < -0.4 is 10.5 Å². The highest BCUT2D eigenvalue weighted by atomic mass is 19.1. The van der Waals surface area contributed by atoms with Crippen LogP contribution in [0.3, 0.4) is 0 Å². The zero-order valence-corrected chi connectivity index (χ0v) is 16.3. The van der Waals surface area contributed by atoms with E-state index in [0.29, 0.717) is 35.9 Å². The maximum Gasteiger partial charge on any atom is 0.255 e. The van der Waals surface area contributed by atoms with Gasteiger partial charge in [0.1, 0.15) is 12.1 Å². The number of aromatic nitrogens is 4. The Morgan fingerprint density at radius 2 is 2.07 bits per heavy atom. The topological polar surface area (TPSA) is 84.1 Å². The Labute approximate surface area is 167 Å². The van der Waals surface area contributed by atoms with E-state index in [1.165, 1.54) is 24.5 Å². The van der Waals surface area contributed by atoms with Crippen molar-refractivity contribution < 1.29 is 9.50 Å². The summed E-state index contributed by atoms with van der Waals surface area (Å²) in [6.45, 7) is 4.79. The van der Waals surface area contributed by atoms with Gasteiger partial charge in [0.25, 0.3) is 5.56 Å². The number of hydrogen-bond donors (Lipinski definition) is 1. The van der Waals surface area contributed by atoms with Crippen molar-refractivity contribution in [1.29, 1.82) is 0 Å². The number of anilines is 1. The van der Waals surface area contributed by atoms with Crippen LogP contribution in [-0.2, 0) is 6.54 Å². The molecule has 0 fully saturated rings. The van der Waals surface area contributed by atoms with Gasteiger partial charge in [0, 0.05) is 24.3 Å². The minimum Gasteiger partial charge on any atom is -0.387 e. The summed E-state index contributed by atoms with van der Waals surface area (Å²) in [5.74, 6) is 0.0676. The summed E-state index contributed by atoms with van der Waals surface area (Å²) in [6, 6.07) is 9.07.